The Balaban J connectivity index is 1.29. The maximum atomic E-state index is 6.86. The summed E-state index contributed by atoms with van der Waals surface area (Å²) < 4.78 is 33.6. The van der Waals surface area contributed by atoms with Gasteiger partial charge in [0.25, 0.3) is 0 Å². The monoisotopic (exact) mass is 628 g/mol. The van der Waals surface area contributed by atoms with E-state index in [4.69, 9.17) is 23.7 Å². The van der Waals surface area contributed by atoms with Gasteiger partial charge in [0.05, 0.1) is 51.8 Å². The number of benzene rings is 5. The molecule has 47 heavy (non-hydrogen) atoms. The minimum Gasteiger partial charge on any atom is -0.376 e. The molecular weight excluding hydrogens is 584 g/mol. The van der Waals surface area contributed by atoms with Crippen LogP contribution in [0.3, 0.4) is 0 Å². The van der Waals surface area contributed by atoms with E-state index in [1.807, 2.05) is 91.0 Å². The molecule has 0 radical (unpaired) electrons. The molecule has 1 aliphatic carbocycles. The van der Waals surface area contributed by atoms with Crippen molar-refractivity contribution in [3.63, 3.8) is 0 Å². The van der Waals surface area contributed by atoms with Gasteiger partial charge in [-0.2, -0.15) is 0 Å². The normalized spacial score (nSPS) is 21.0. The Labute approximate surface area is 279 Å². The molecule has 0 heterocycles. The van der Waals surface area contributed by atoms with E-state index in [0.29, 0.717) is 46.1 Å². The van der Waals surface area contributed by atoms with E-state index >= 15 is 0 Å². The highest BCUT2D eigenvalue weighted by Crippen LogP contribution is 2.36. The predicted octanol–water partition coefficient (Wildman–Crippen LogP) is 8.56. The van der Waals surface area contributed by atoms with Crippen LogP contribution in [0.2, 0.25) is 0 Å². The van der Waals surface area contributed by atoms with Crippen LogP contribution in [-0.4, -0.2) is 31.0 Å². The molecule has 6 rings (SSSR count). The third kappa shape index (κ3) is 9.94. The van der Waals surface area contributed by atoms with Gasteiger partial charge in [-0.15, -0.1) is 0 Å². The molecule has 1 saturated carbocycles. The highest BCUT2D eigenvalue weighted by molar-refractivity contribution is 5.17. The quantitative estimate of drug-likeness (QED) is 0.110. The lowest BCUT2D eigenvalue weighted by molar-refractivity contribution is -0.235. The van der Waals surface area contributed by atoms with Gasteiger partial charge in [0, 0.05) is 5.92 Å². The molecule has 0 bridgehead atoms. The smallest absolute Gasteiger partial charge is 0.113 e. The zero-order chi connectivity index (χ0) is 31.9. The lowest BCUT2D eigenvalue weighted by Crippen LogP contribution is -2.58. The molecule has 5 nitrogen and oxygen atoms in total. The molecule has 0 unspecified atom stereocenters. The first-order chi connectivity index (χ1) is 23.3. The van der Waals surface area contributed by atoms with E-state index in [9.17, 15) is 0 Å². The highest BCUT2D eigenvalue weighted by Gasteiger charge is 2.48. The Bertz CT molecular complexity index is 1550. The van der Waals surface area contributed by atoms with Gasteiger partial charge < -0.3 is 23.7 Å². The fraction of sp³-hybridized carbons (Fsp3) is 0.286. The van der Waals surface area contributed by atoms with Crippen molar-refractivity contribution >= 4 is 0 Å². The zero-order valence-corrected chi connectivity index (χ0v) is 26.8. The average molecular weight is 629 g/mol. The summed E-state index contributed by atoms with van der Waals surface area (Å²) in [4.78, 5) is 0. The number of ether oxygens (including phenoxy) is 5. The Morgan fingerprint density at radius 3 is 1.13 bits per heavy atom. The SMILES string of the molecule is c1ccc(COC[C@@H]2C[C@H](OCc3ccccc3)[C@@H](OCc3ccccc3)[C@H](OCc3ccccc3)[C@@H]2OCc2ccccc2)cc1. The van der Waals surface area contributed by atoms with Crippen LogP contribution in [-0.2, 0) is 56.7 Å². The van der Waals surface area contributed by atoms with E-state index in [1.165, 1.54) is 0 Å². The zero-order valence-electron chi connectivity index (χ0n) is 26.8. The predicted molar refractivity (Wildman–Crippen MR) is 184 cm³/mol. The fourth-order valence-electron chi connectivity index (χ4n) is 6.16. The van der Waals surface area contributed by atoms with Crippen LogP contribution in [0, 0.1) is 5.92 Å². The second kappa shape index (κ2) is 17.7. The van der Waals surface area contributed by atoms with Crippen molar-refractivity contribution in [2.24, 2.45) is 5.92 Å². The minimum absolute atomic E-state index is 0.0144. The van der Waals surface area contributed by atoms with Crippen molar-refractivity contribution in [1.29, 1.82) is 0 Å². The van der Waals surface area contributed by atoms with Crippen LogP contribution in [0.15, 0.2) is 152 Å². The summed E-state index contributed by atoms with van der Waals surface area (Å²) in [5, 5.41) is 0. The molecule has 1 aliphatic rings. The number of rotatable bonds is 16. The first-order valence-electron chi connectivity index (χ1n) is 16.6. The van der Waals surface area contributed by atoms with Crippen LogP contribution in [0.25, 0.3) is 0 Å². The Kier molecular flexibility index (Phi) is 12.4. The van der Waals surface area contributed by atoms with Crippen molar-refractivity contribution in [1.82, 2.24) is 0 Å². The summed E-state index contributed by atoms with van der Waals surface area (Å²) in [6, 6.07) is 51.5. The van der Waals surface area contributed by atoms with Crippen LogP contribution in [0.4, 0.5) is 0 Å². The molecule has 0 amide bonds. The van der Waals surface area contributed by atoms with Gasteiger partial charge in [-0.3, -0.25) is 0 Å². The second-order valence-corrected chi connectivity index (χ2v) is 12.1. The Morgan fingerprint density at radius 2 is 0.702 bits per heavy atom. The van der Waals surface area contributed by atoms with E-state index in [2.05, 4.69) is 60.7 Å². The first kappa shape index (κ1) is 32.8. The molecule has 0 N–H and O–H groups in total. The number of hydrogen-bond acceptors (Lipinski definition) is 5. The van der Waals surface area contributed by atoms with Crippen molar-refractivity contribution in [3.8, 4) is 0 Å². The maximum Gasteiger partial charge on any atom is 0.113 e. The summed E-state index contributed by atoms with van der Waals surface area (Å²) >= 11 is 0. The summed E-state index contributed by atoms with van der Waals surface area (Å²) in [6.45, 7) is 2.87. The molecule has 5 aromatic carbocycles. The summed E-state index contributed by atoms with van der Waals surface area (Å²) in [7, 11) is 0. The largest absolute Gasteiger partial charge is 0.376 e. The van der Waals surface area contributed by atoms with Crippen molar-refractivity contribution in [2.45, 2.75) is 63.9 Å². The lowest BCUT2D eigenvalue weighted by atomic mass is 9.80. The minimum atomic E-state index is -0.400. The summed E-state index contributed by atoms with van der Waals surface area (Å²) in [6.07, 6.45) is -0.573. The average Bonchev–Trinajstić information content (AvgIpc) is 3.14. The highest BCUT2D eigenvalue weighted by atomic mass is 16.6. The van der Waals surface area contributed by atoms with E-state index in [-0.39, 0.29) is 24.2 Å². The molecular formula is C42H44O5. The van der Waals surface area contributed by atoms with Gasteiger partial charge in [0.1, 0.15) is 12.2 Å². The fourth-order valence-corrected chi connectivity index (χ4v) is 6.16. The first-order valence-corrected chi connectivity index (χ1v) is 16.6. The van der Waals surface area contributed by atoms with Gasteiger partial charge >= 0.3 is 0 Å². The van der Waals surface area contributed by atoms with Crippen molar-refractivity contribution in [3.05, 3.63) is 179 Å². The van der Waals surface area contributed by atoms with E-state index in [0.717, 1.165) is 27.8 Å². The van der Waals surface area contributed by atoms with Gasteiger partial charge in [-0.1, -0.05) is 152 Å². The second-order valence-electron chi connectivity index (χ2n) is 12.1. The van der Waals surface area contributed by atoms with Crippen LogP contribution < -0.4 is 0 Å². The van der Waals surface area contributed by atoms with Crippen LogP contribution >= 0.6 is 0 Å². The molecule has 5 aromatic rings. The van der Waals surface area contributed by atoms with Gasteiger partial charge in [0.15, 0.2) is 0 Å². The molecule has 5 atom stereocenters. The van der Waals surface area contributed by atoms with Gasteiger partial charge in [-0.05, 0) is 34.2 Å². The topological polar surface area (TPSA) is 46.2 Å². The molecule has 0 saturated heterocycles. The van der Waals surface area contributed by atoms with Crippen molar-refractivity contribution < 1.29 is 23.7 Å². The molecule has 0 aromatic heterocycles. The summed E-state index contributed by atoms with van der Waals surface area (Å²) in [5.74, 6) is 0.0144. The van der Waals surface area contributed by atoms with Gasteiger partial charge in [0.2, 0.25) is 0 Å². The number of hydrogen-bond donors (Lipinski definition) is 0. The third-order valence-electron chi connectivity index (χ3n) is 8.62. The maximum absolute atomic E-state index is 6.86. The van der Waals surface area contributed by atoms with Crippen LogP contribution in [0.5, 0.6) is 0 Å². The third-order valence-corrected chi connectivity index (χ3v) is 8.62. The molecule has 5 heteroatoms. The van der Waals surface area contributed by atoms with Crippen LogP contribution in [0.1, 0.15) is 34.2 Å². The Hall–Kier alpha value is -4.10. The Morgan fingerprint density at radius 1 is 0.362 bits per heavy atom. The lowest BCUT2D eigenvalue weighted by Gasteiger charge is -2.46. The van der Waals surface area contributed by atoms with Gasteiger partial charge in [-0.25, -0.2) is 0 Å². The standard InChI is InChI=1S/C42H44O5/c1-6-16-33(17-7-1)27-43-32-38-26-39(44-28-34-18-8-2-9-19-34)41(46-30-36-22-12-4-13-23-36)42(47-31-37-24-14-5-15-25-37)40(38)45-29-35-20-10-3-11-21-35/h1-25,38-42H,26-32H2/t38-,39-,40+,41+,42+/m0/s1. The molecule has 242 valence electrons. The molecule has 0 aliphatic heterocycles. The van der Waals surface area contributed by atoms with E-state index in [1.54, 1.807) is 0 Å². The summed E-state index contributed by atoms with van der Waals surface area (Å²) in [5.41, 5.74) is 5.58. The van der Waals surface area contributed by atoms with Crippen molar-refractivity contribution in [2.75, 3.05) is 6.61 Å². The molecule has 0 spiro atoms. The molecule has 1 fully saturated rings. The van der Waals surface area contributed by atoms with E-state index < -0.39 is 6.10 Å².